The standard InChI is InChI=1S/C36H48O5SSi/c1-25(2)43(26(3)4,27(5)6)39-24-31-32-33(37-22-28-16-10-7-11-17-28)34(40-31)35(38-23-29-18-12-8-13-19-29)36(41-32)42-30-20-14-9-15-21-30/h7-21,25-27,31-36H,22-24H2,1-6H3/t31-,32+,33+,34-,35-,36+/m0/s1. The van der Waals surface area contributed by atoms with Gasteiger partial charge in [0.15, 0.2) is 8.32 Å². The molecule has 0 spiro atoms. The molecule has 2 saturated heterocycles. The van der Waals surface area contributed by atoms with Crippen LogP contribution in [0.25, 0.3) is 0 Å². The van der Waals surface area contributed by atoms with Crippen molar-refractivity contribution in [1.82, 2.24) is 0 Å². The van der Waals surface area contributed by atoms with Crippen molar-refractivity contribution in [2.24, 2.45) is 0 Å². The topological polar surface area (TPSA) is 46.2 Å². The Morgan fingerprint density at radius 3 is 1.63 bits per heavy atom. The van der Waals surface area contributed by atoms with Gasteiger partial charge in [-0.3, -0.25) is 0 Å². The Morgan fingerprint density at radius 1 is 0.628 bits per heavy atom. The molecule has 0 aromatic heterocycles. The molecule has 0 saturated carbocycles. The molecule has 7 heteroatoms. The van der Waals surface area contributed by atoms with Crippen molar-refractivity contribution in [2.45, 2.75) is 112 Å². The van der Waals surface area contributed by atoms with Crippen molar-refractivity contribution >= 4 is 20.1 Å². The Balaban J connectivity index is 1.42. The van der Waals surface area contributed by atoms with Crippen LogP contribution >= 0.6 is 11.8 Å². The lowest BCUT2D eigenvalue weighted by atomic mass is 10.00. The van der Waals surface area contributed by atoms with Crippen molar-refractivity contribution in [2.75, 3.05) is 6.61 Å². The first-order valence-corrected chi connectivity index (χ1v) is 18.8. The van der Waals surface area contributed by atoms with Crippen LogP contribution in [0.3, 0.4) is 0 Å². The summed E-state index contributed by atoms with van der Waals surface area (Å²) in [6.07, 6.45) is -1.37. The summed E-state index contributed by atoms with van der Waals surface area (Å²) in [5.41, 5.74) is 3.47. The Labute approximate surface area is 263 Å². The third-order valence-corrected chi connectivity index (χ3v) is 16.2. The maximum Gasteiger partial charge on any atom is 0.200 e. The van der Waals surface area contributed by atoms with Crippen molar-refractivity contribution < 1.29 is 23.4 Å². The van der Waals surface area contributed by atoms with Crippen LogP contribution in [0.1, 0.15) is 52.7 Å². The van der Waals surface area contributed by atoms with E-state index in [0.29, 0.717) is 36.4 Å². The fraction of sp³-hybridized carbons (Fsp3) is 0.500. The Morgan fingerprint density at radius 2 is 1.12 bits per heavy atom. The Bertz CT molecular complexity index is 1220. The first kappa shape index (κ1) is 32.4. The Hall–Kier alpha value is -1.97. The third kappa shape index (κ3) is 7.47. The largest absolute Gasteiger partial charge is 0.413 e. The molecule has 0 radical (unpaired) electrons. The SMILES string of the molecule is CC(C)[Si](OC[C@@H]1O[C@H]2[C@H](OCc3ccccc3)[C@@H]1O[C@H](Sc1ccccc1)[C@H]2OCc1ccccc1)(C(C)C)C(C)C. The molecule has 0 N–H and O–H groups in total. The van der Waals surface area contributed by atoms with Gasteiger partial charge in [-0.25, -0.2) is 0 Å². The quantitative estimate of drug-likeness (QED) is 0.168. The predicted octanol–water partition coefficient (Wildman–Crippen LogP) is 8.63. The van der Waals surface area contributed by atoms with Crippen LogP contribution in [0.5, 0.6) is 0 Å². The molecule has 2 aliphatic rings. The molecule has 5 rings (SSSR count). The minimum absolute atomic E-state index is 0.238. The van der Waals surface area contributed by atoms with Gasteiger partial charge in [-0.15, -0.1) is 0 Å². The molecule has 3 aromatic rings. The minimum atomic E-state index is -2.10. The Kier molecular flexibility index (Phi) is 11.2. The molecule has 0 unspecified atom stereocenters. The highest BCUT2D eigenvalue weighted by Crippen LogP contribution is 2.46. The molecule has 0 amide bonds. The van der Waals surface area contributed by atoms with Crippen molar-refractivity contribution in [3.8, 4) is 0 Å². The molecule has 2 aliphatic heterocycles. The van der Waals surface area contributed by atoms with Gasteiger partial charge >= 0.3 is 0 Å². The van der Waals surface area contributed by atoms with Crippen molar-refractivity contribution in [3.05, 3.63) is 102 Å². The van der Waals surface area contributed by atoms with Crippen LogP contribution in [-0.4, -0.2) is 50.9 Å². The van der Waals surface area contributed by atoms with Gasteiger partial charge < -0.3 is 23.4 Å². The number of rotatable bonds is 14. The van der Waals surface area contributed by atoms with Crippen LogP contribution in [0.15, 0.2) is 95.9 Å². The van der Waals surface area contributed by atoms with Gasteiger partial charge in [-0.1, -0.05) is 132 Å². The molecule has 3 aromatic carbocycles. The van der Waals surface area contributed by atoms with Gasteiger partial charge in [0.05, 0.1) is 19.8 Å². The van der Waals surface area contributed by atoms with Crippen LogP contribution in [-0.2, 0) is 36.6 Å². The summed E-state index contributed by atoms with van der Waals surface area (Å²) in [6.45, 7) is 15.4. The lowest BCUT2D eigenvalue weighted by Crippen LogP contribution is -2.55. The molecule has 2 bridgehead atoms. The fourth-order valence-corrected chi connectivity index (χ4v) is 13.6. The average molecular weight is 621 g/mol. The second kappa shape index (κ2) is 14.9. The summed E-state index contributed by atoms with van der Waals surface area (Å²) in [5, 5.41) is 0. The molecule has 0 aliphatic carbocycles. The highest BCUT2D eigenvalue weighted by molar-refractivity contribution is 7.99. The zero-order valence-corrected chi connectivity index (χ0v) is 28.2. The summed E-state index contributed by atoms with van der Waals surface area (Å²) in [4.78, 5) is 1.14. The molecular formula is C36H48O5SSi. The maximum atomic E-state index is 7.07. The fourth-order valence-electron chi connectivity index (χ4n) is 7.06. The normalized spacial score (nSPS) is 25.6. The molecule has 6 atom stereocenters. The number of benzene rings is 3. The van der Waals surface area contributed by atoms with E-state index in [9.17, 15) is 0 Å². The van der Waals surface area contributed by atoms with Crippen LogP contribution in [0, 0.1) is 0 Å². The van der Waals surface area contributed by atoms with Crippen molar-refractivity contribution in [3.63, 3.8) is 0 Å². The minimum Gasteiger partial charge on any atom is -0.413 e. The van der Waals surface area contributed by atoms with Crippen LogP contribution < -0.4 is 0 Å². The monoisotopic (exact) mass is 620 g/mol. The summed E-state index contributed by atoms with van der Waals surface area (Å²) in [5.74, 6) is 0. The summed E-state index contributed by atoms with van der Waals surface area (Å²) in [7, 11) is -2.10. The predicted molar refractivity (Wildman–Crippen MR) is 177 cm³/mol. The van der Waals surface area contributed by atoms with E-state index < -0.39 is 8.32 Å². The van der Waals surface area contributed by atoms with Gasteiger partial charge in [0.1, 0.15) is 36.0 Å². The number of hydrogen-bond donors (Lipinski definition) is 0. The van der Waals surface area contributed by atoms with Crippen LogP contribution in [0.4, 0.5) is 0 Å². The first-order chi connectivity index (χ1) is 20.8. The average Bonchev–Trinajstić information content (AvgIpc) is 3.25. The maximum absolute atomic E-state index is 7.07. The van der Waals surface area contributed by atoms with Crippen molar-refractivity contribution in [1.29, 1.82) is 0 Å². The van der Waals surface area contributed by atoms with Gasteiger partial charge in [0.25, 0.3) is 0 Å². The summed E-state index contributed by atoms with van der Waals surface area (Å²) < 4.78 is 34.3. The molecular weight excluding hydrogens is 573 g/mol. The molecule has 2 fully saturated rings. The number of ether oxygens (including phenoxy) is 4. The van der Waals surface area contributed by atoms with E-state index in [-0.39, 0.29) is 36.0 Å². The van der Waals surface area contributed by atoms with E-state index in [0.717, 1.165) is 16.0 Å². The van der Waals surface area contributed by atoms with E-state index in [1.165, 1.54) is 0 Å². The van der Waals surface area contributed by atoms with E-state index in [1.54, 1.807) is 11.8 Å². The molecule has 232 valence electrons. The highest BCUT2D eigenvalue weighted by atomic mass is 32.2. The molecule has 2 heterocycles. The lowest BCUT2D eigenvalue weighted by molar-refractivity contribution is -0.182. The summed E-state index contributed by atoms with van der Waals surface area (Å²) >= 11 is 1.70. The van der Waals surface area contributed by atoms with Gasteiger partial charge in [-0.05, 0) is 39.9 Å². The van der Waals surface area contributed by atoms with E-state index in [1.807, 2.05) is 42.5 Å². The second-order valence-corrected chi connectivity index (χ2v) is 19.3. The second-order valence-electron chi connectivity index (χ2n) is 12.7. The molecule has 5 nitrogen and oxygen atoms in total. The van der Waals surface area contributed by atoms with Crippen LogP contribution in [0.2, 0.25) is 16.6 Å². The zero-order valence-electron chi connectivity index (χ0n) is 26.4. The first-order valence-electron chi connectivity index (χ1n) is 15.8. The molecule has 43 heavy (non-hydrogen) atoms. The zero-order chi connectivity index (χ0) is 30.4. The van der Waals surface area contributed by atoms with Gasteiger partial charge in [0.2, 0.25) is 0 Å². The van der Waals surface area contributed by atoms with E-state index in [2.05, 4.69) is 90.1 Å². The summed E-state index contributed by atoms with van der Waals surface area (Å²) in [6, 6.07) is 31.0. The number of fused-ring (bicyclic) bond motifs is 2. The number of hydrogen-bond acceptors (Lipinski definition) is 6. The van der Waals surface area contributed by atoms with Gasteiger partial charge in [0, 0.05) is 4.90 Å². The highest BCUT2D eigenvalue weighted by Gasteiger charge is 2.58. The smallest absolute Gasteiger partial charge is 0.200 e. The van der Waals surface area contributed by atoms with E-state index in [4.69, 9.17) is 23.4 Å². The third-order valence-electron chi connectivity index (χ3n) is 9.00. The van der Waals surface area contributed by atoms with E-state index >= 15 is 0 Å². The number of thioether (sulfide) groups is 1. The van der Waals surface area contributed by atoms with Gasteiger partial charge in [-0.2, -0.15) is 0 Å². The lowest BCUT2D eigenvalue weighted by Gasteiger charge is -2.43.